The van der Waals surface area contributed by atoms with Gasteiger partial charge in [0, 0.05) is 12.6 Å². The number of rotatable bonds is 6. The van der Waals surface area contributed by atoms with Crippen LogP contribution >= 0.6 is 0 Å². The fraction of sp³-hybridized carbons (Fsp3) is 0.562. The minimum absolute atomic E-state index is 0.117. The molecule has 0 saturated carbocycles. The van der Waals surface area contributed by atoms with Crippen LogP contribution in [-0.4, -0.2) is 43.0 Å². The number of amides is 1. The van der Waals surface area contributed by atoms with E-state index in [1.807, 2.05) is 30.3 Å². The first-order chi connectivity index (χ1) is 10.3. The monoisotopic (exact) mass is 290 g/mol. The van der Waals surface area contributed by atoms with Crippen molar-refractivity contribution in [1.29, 1.82) is 0 Å². The first kappa shape index (κ1) is 15.9. The molecule has 1 aromatic rings. The second kappa shape index (κ2) is 8.12. The van der Waals surface area contributed by atoms with E-state index in [0.717, 1.165) is 38.0 Å². The Balaban J connectivity index is 2.11. The van der Waals surface area contributed by atoms with Gasteiger partial charge in [-0.3, -0.25) is 15.1 Å². The van der Waals surface area contributed by atoms with Crippen LogP contribution in [0.1, 0.15) is 31.2 Å². The Hall–Kier alpha value is -1.43. The maximum absolute atomic E-state index is 12.2. The Bertz CT molecular complexity index is 431. The zero-order valence-corrected chi connectivity index (χ0v) is 12.7. The molecule has 1 fully saturated rings. The number of hydrogen-bond donors (Lipinski definition) is 3. The molecule has 1 saturated heterocycles. The molecule has 0 aromatic heterocycles. The standard InChI is InChI=1S/C16H26N4O/c1-2-20(14-8-10-18-11-9-14)12-15(16(21)19-17)13-6-4-3-5-7-13/h3-7,14-15,18H,2,8-12,17H2,1H3,(H,19,21). The minimum atomic E-state index is -0.217. The summed E-state index contributed by atoms with van der Waals surface area (Å²) in [4.78, 5) is 14.6. The predicted molar refractivity (Wildman–Crippen MR) is 84.7 cm³/mol. The summed E-state index contributed by atoms with van der Waals surface area (Å²) in [6.45, 7) is 5.94. The second-order valence-electron chi connectivity index (χ2n) is 5.54. The third-order valence-corrected chi connectivity index (χ3v) is 4.31. The second-order valence-corrected chi connectivity index (χ2v) is 5.54. The molecule has 0 bridgehead atoms. The van der Waals surface area contributed by atoms with Crippen molar-refractivity contribution in [2.75, 3.05) is 26.2 Å². The van der Waals surface area contributed by atoms with Crippen LogP contribution in [0.2, 0.25) is 0 Å². The number of nitrogens with two attached hydrogens (primary N) is 1. The third-order valence-electron chi connectivity index (χ3n) is 4.31. The number of hydrogen-bond acceptors (Lipinski definition) is 4. The summed E-state index contributed by atoms with van der Waals surface area (Å²) in [5.41, 5.74) is 3.34. The van der Waals surface area contributed by atoms with Gasteiger partial charge in [-0.25, -0.2) is 5.84 Å². The van der Waals surface area contributed by atoms with Crippen molar-refractivity contribution >= 4 is 5.91 Å². The zero-order valence-electron chi connectivity index (χ0n) is 12.7. The van der Waals surface area contributed by atoms with Crippen LogP contribution < -0.4 is 16.6 Å². The number of piperidine rings is 1. The van der Waals surface area contributed by atoms with Crippen LogP contribution in [0.15, 0.2) is 30.3 Å². The van der Waals surface area contributed by atoms with E-state index in [4.69, 9.17) is 5.84 Å². The molecule has 0 radical (unpaired) electrons. The van der Waals surface area contributed by atoms with E-state index in [2.05, 4.69) is 22.6 Å². The molecular weight excluding hydrogens is 264 g/mol. The molecule has 1 aromatic carbocycles. The molecule has 1 aliphatic heterocycles. The quantitative estimate of drug-likeness (QED) is 0.412. The molecule has 1 aliphatic rings. The zero-order chi connectivity index (χ0) is 15.1. The van der Waals surface area contributed by atoms with Gasteiger partial charge < -0.3 is 5.32 Å². The Kier molecular flexibility index (Phi) is 6.17. The number of nitrogens with one attached hydrogen (secondary N) is 2. The molecule has 116 valence electrons. The van der Waals surface area contributed by atoms with E-state index in [0.29, 0.717) is 12.6 Å². The summed E-state index contributed by atoms with van der Waals surface area (Å²) in [6.07, 6.45) is 2.28. The maximum atomic E-state index is 12.2. The molecule has 0 spiro atoms. The predicted octanol–water partition coefficient (Wildman–Crippen LogP) is 0.834. The van der Waals surface area contributed by atoms with Gasteiger partial charge in [-0.05, 0) is 38.0 Å². The molecule has 1 atom stereocenters. The molecule has 1 amide bonds. The van der Waals surface area contributed by atoms with Crippen LogP contribution in [0.5, 0.6) is 0 Å². The van der Waals surface area contributed by atoms with E-state index in [9.17, 15) is 4.79 Å². The molecule has 2 rings (SSSR count). The molecule has 5 heteroatoms. The Morgan fingerprint density at radius 2 is 2.05 bits per heavy atom. The van der Waals surface area contributed by atoms with Gasteiger partial charge in [-0.2, -0.15) is 0 Å². The minimum Gasteiger partial charge on any atom is -0.317 e. The van der Waals surface area contributed by atoms with Crippen molar-refractivity contribution in [2.45, 2.75) is 31.7 Å². The van der Waals surface area contributed by atoms with Crippen molar-refractivity contribution in [3.05, 3.63) is 35.9 Å². The smallest absolute Gasteiger partial charge is 0.242 e. The van der Waals surface area contributed by atoms with Gasteiger partial charge in [0.2, 0.25) is 5.91 Å². The summed E-state index contributed by atoms with van der Waals surface area (Å²) in [5, 5.41) is 3.39. The van der Waals surface area contributed by atoms with E-state index in [1.165, 1.54) is 0 Å². The van der Waals surface area contributed by atoms with Crippen molar-refractivity contribution in [3.63, 3.8) is 0 Å². The van der Waals surface area contributed by atoms with Crippen LogP contribution in [0, 0.1) is 0 Å². The first-order valence-corrected chi connectivity index (χ1v) is 7.76. The number of likely N-dealkylation sites (N-methyl/N-ethyl adjacent to an activating group) is 1. The fourth-order valence-electron chi connectivity index (χ4n) is 3.07. The van der Waals surface area contributed by atoms with Gasteiger partial charge in [0.05, 0.1) is 5.92 Å². The maximum Gasteiger partial charge on any atom is 0.242 e. The number of nitrogens with zero attached hydrogens (tertiary/aromatic N) is 1. The SMILES string of the molecule is CCN(CC(C(=O)NN)c1ccccc1)C1CCNCC1. The van der Waals surface area contributed by atoms with Crippen molar-refractivity contribution in [1.82, 2.24) is 15.6 Å². The van der Waals surface area contributed by atoms with Crippen LogP contribution in [0.25, 0.3) is 0 Å². The lowest BCUT2D eigenvalue weighted by Gasteiger charge is -2.35. The largest absolute Gasteiger partial charge is 0.317 e. The number of carbonyl (C=O) groups is 1. The number of benzene rings is 1. The summed E-state index contributed by atoms with van der Waals surface area (Å²) >= 11 is 0. The van der Waals surface area contributed by atoms with Gasteiger partial charge in [0.1, 0.15) is 0 Å². The van der Waals surface area contributed by atoms with Gasteiger partial charge in [0.15, 0.2) is 0 Å². The molecule has 21 heavy (non-hydrogen) atoms. The third kappa shape index (κ3) is 4.27. The lowest BCUT2D eigenvalue weighted by Crippen LogP contribution is -2.47. The molecule has 1 unspecified atom stereocenters. The fourth-order valence-corrected chi connectivity index (χ4v) is 3.07. The van der Waals surface area contributed by atoms with Gasteiger partial charge in [0.25, 0.3) is 0 Å². The first-order valence-electron chi connectivity index (χ1n) is 7.76. The lowest BCUT2D eigenvalue weighted by atomic mass is 9.95. The Labute approximate surface area is 126 Å². The highest BCUT2D eigenvalue weighted by Crippen LogP contribution is 2.21. The molecule has 5 nitrogen and oxygen atoms in total. The molecule has 4 N–H and O–H groups in total. The van der Waals surface area contributed by atoms with Gasteiger partial charge in [-0.1, -0.05) is 37.3 Å². The highest BCUT2D eigenvalue weighted by atomic mass is 16.2. The van der Waals surface area contributed by atoms with Gasteiger partial charge >= 0.3 is 0 Å². The number of carbonyl (C=O) groups excluding carboxylic acids is 1. The van der Waals surface area contributed by atoms with Crippen LogP contribution in [0.4, 0.5) is 0 Å². The summed E-state index contributed by atoms with van der Waals surface area (Å²) in [7, 11) is 0. The van der Waals surface area contributed by atoms with Gasteiger partial charge in [-0.15, -0.1) is 0 Å². The molecular formula is C16H26N4O. The Morgan fingerprint density at radius 3 is 2.62 bits per heavy atom. The topological polar surface area (TPSA) is 70.4 Å². The van der Waals surface area contributed by atoms with Crippen molar-refractivity contribution in [3.8, 4) is 0 Å². The van der Waals surface area contributed by atoms with E-state index >= 15 is 0 Å². The normalized spacial score (nSPS) is 17.7. The van der Waals surface area contributed by atoms with Crippen LogP contribution in [-0.2, 0) is 4.79 Å². The molecule has 0 aliphatic carbocycles. The Morgan fingerprint density at radius 1 is 1.38 bits per heavy atom. The van der Waals surface area contributed by atoms with E-state index in [1.54, 1.807) is 0 Å². The average Bonchev–Trinajstić information content (AvgIpc) is 2.57. The highest BCUT2D eigenvalue weighted by molar-refractivity contribution is 5.83. The van der Waals surface area contributed by atoms with Crippen LogP contribution in [0.3, 0.4) is 0 Å². The highest BCUT2D eigenvalue weighted by Gasteiger charge is 2.27. The van der Waals surface area contributed by atoms with Crippen molar-refractivity contribution in [2.24, 2.45) is 5.84 Å². The van der Waals surface area contributed by atoms with Crippen molar-refractivity contribution < 1.29 is 4.79 Å². The molecule has 1 heterocycles. The van der Waals surface area contributed by atoms with E-state index in [-0.39, 0.29) is 11.8 Å². The lowest BCUT2D eigenvalue weighted by molar-refractivity contribution is -0.123. The summed E-state index contributed by atoms with van der Waals surface area (Å²) in [5.74, 6) is 5.04. The van der Waals surface area contributed by atoms with E-state index < -0.39 is 0 Å². The summed E-state index contributed by atoms with van der Waals surface area (Å²) in [6, 6.07) is 10.4. The number of hydrazine groups is 1. The summed E-state index contributed by atoms with van der Waals surface area (Å²) < 4.78 is 0. The average molecular weight is 290 g/mol.